The van der Waals surface area contributed by atoms with Gasteiger partial charge < -0.3 is 10.2 Å². The summed E-state index contributed by atoms with van der Waals surface area (Å²) in [7, 11) is -3.69. The summed E-state index contributed by atoms with van der Waals surface area (Å²) >= 11 is 0. The van der Waals surface area contributed by atoms with Gasteiger partial charge in [0.1, 0.15) is 10.9 Å². The molecule has 31 heavy (non-hydrogen) atoms. The van der Waals surface area contributed by atoms with Crippen LogP contribution in [-0.4, -0.2) is 71.4 Å². The number of carbonyl (C=O) groups excluding carboxylic acids is 2. The van der Waals surface area contributed by atoms with Crippen molar-refractivity contribution in [3.8, 4) is 0 Å². The van der Waals surface area contributed by atoms with Gasteiger partial charge in [-0.1, -0.05) is 18.2 Å². The van der Waals surface area contributed by atoms with E-state index in [4.69, 9.17) is 0 Å². The molecule has 2 heterocycles. The largest absolute Gasteiger partial charge is 0.341 e. The highest BCUT2D eigenvalue weighted by Crippen LogP contribution is 2.24. The van der Waals surface area contributed by atoms with Crippen LogP contribution in [0, 0.1) is 13.8 Å². The number of hydrogen-bond acceptors (Lipinski definition) is 5. The average molecular weight is 448 g/mol. The number of amides is 2. The normalized spacial score (nSPS) is 16.2. The topological polar surface area (TPSA) is 105 Å². The molecule has 3 rings (SSSR count). The number of carbonyl (C=O) groups is 2. The maximum absolute atomic E-state index is 13.2. The molecule has 0 aliphatic carbocycles. The van der Waals surface area contributed by atoms with E-state index >= 15 is 0 Å². The van der Waals surface area contributed by atoms with Crippen molar-refractivity contribution >= 4 is 21.8 Å². The van der Waals surface area contributed by atoms with Gasteiger partial charge in [-0.3, -0.25) is 14.3 Å². The Labute approximate surface area is 183 Å². The Kier molecular flexibility index (Phi) is 6.80. The highest BCUT2D eigenvalue weighted by atomic mass is 32.2. The molecular formula is C21H29N5O4S. The van der Waals surface area contributed by atoms with E-state index in [1.165, 1.54) is 4.31 Å². The zero-order valence-electron chi connectivity index (χ0n) is 18.3. The summed E-state index contributed by atoms with van der Waals surface area (Å²) in [6.07, 6.45) is 0. The molecule has 2 amide bonds. The Balaban J connectivity index is 1.63. The number of aryl methyl sites for hydroxylation is 2. The molecular weight excluding hydrogens is 418 g/mol. The number of aromatic nitrogens is 2. The van der Waals surface area contributed by atoms with E-state index in [9.17, 15) is 18.0 Å². The van der Waals surface area contributed by atoms with Crippen LogP contribution in [0.25, 0.3) is 0 Å². The van der Waals surface area contributed by atoms with E-state index in [-0.39, 0.29) is 42.9 Å². The summed E-state index contributed by atoms with van der Waals surface area (Å²) in [5, 5.41) is 7.03. The Morgan fingerprint density at radius 3 is 2.26 bits per heavy atom. The summed E-state index contributed by atoms with van der Waals surface area (Å²) in [5.74, 6) is -0.547. The van der Waals surface area contributed by atoms with Gasteiger partial charge in [-0.2, -0.15) is 9.40 Å². The Hall–Kier alpha value is -2.72. The molecule has 1 saturated heterocycles. The van der Waals surface area contributed by atoms with Gasteiger partial charge in [0, 0.05) is 38.3 Å². The predicted molar refractivity (Wildman–Crippen MR) is 116 cm³/mol. The molecule has 1 aromatic carbocycles. The maximum atomic E-state index is 13.2. The van der Waals surface area contributed by atoms with Crippen LogP contribution in [-0.2, 0) is 21.4 Å². The fourth-order valence-corrected chi connectivity index (χ4v) is 5.64. The van der Waals surface area contributed by atoms with Crippen LogP contribution < -0.4 is 5.32 Å². The highest BCUT2D eigenvalue weighted by Gasteiger charge is 2.35. The minimum absolute atomic E-state index is 0.198. The Morgan fingerprint density at radius 2 is 1.71 bits per heavy atom. The lowest BCUT2D eigenvalue weighted by atomic mass is 10.2. The van der Waals surface area contributed by atoms with Crippen molar-refractivity contribution in [1.29, 1.82) is 0 Å². The van der Waals surface area contributed by atoms with Crippen molar-refractivity contribution in [3.05, 3.63) is 47.3 Å². The van der Waals surface area contributed by atoms with Gasteiger partial charge in [-0.05, 0) is 39.8 Å². The van der Waals surface area contributed by atoms with E-state index in [1.54, 1.807) is 54.6 Å². The molecule has 0 radical (unpaired) electrons. The summed E-state index contributed by atoms with van der Waals surface area (Å²) in [6.45, 7) is 8.53. The van der Waals surface area contributed by atoms with Gasteiger partial charge in [0.05, 0.1) is 11.4 Å². The molecule has 1 aromatic heterocycles. The number of piperazine rings is 1. The molecule has 1 atom stereocenters. The van der Waals surface area contributed by atoms with Crippen molar-refractivity contribution in [1.82, 2.24) is 24.3 Å². The molecule has 0 saturated carbocycles. The minimum Gasteiger partial charge on any atom is -0.341 e. The second-order valence-corrected chi connectivity index (χ2v) is 9.48. The second-order valence-electron chi connectivity index (χ2n) is 7.61. The molecule has 1 aliphatic rings. The number of nitrogens with zero attached hydrogens (tertiary/aromatic N) is 4. The highest BCUT2D eigenvalue weighted by molar-refractivity contribution is 7.89. The molecule has 2 aromatic rings. The average Bonchev–Trinajstić information content (AvgIpc) is 3.07. The lowest BCUT2D eigenvalue weighted by Gasteiger charge is -2.35. The quantitative estimate of drug-likeness (QED) is 0.716. The van der Waals surface area contributed by atoms with Gasteiger partial charge in [-0.15, -0.1) is 0 Å². The fourth-order valence-electron chi connectivity index (χ4n) is 3.84. The first kappa shape index (κ1) is 23.0. The van der Waals surface area contributed by atoms with Crippen LogP contribution >= 0.6 is 0 Å². The number of rotatable bonds is 6. The fraction of sp³-hybridized carbons (Fsp3) is 0.476. The summed E-state index contributed by atoms with van der Waals surface area (Å²) < 4.78 is 29.4. The van der Waals surface area contributed by atoms with Crippen LogP contribution in [0.1, 0.15) is 35.6 Å². The van der Waals surface area contributed by atoms with E-state index in [2.05, 4.69) is 10.4 Å². The minimum atomic E-state index is -3.69. The second kappa shape index (κ2) is 9.19. The van der Waals surface area contributed by atoms with Gasteiger partial charge in [0.15, 0.2) is 0 Å². The van der Waals surface area contributed by atoms with Crippen molar-refractivity contribution in [3.63, 3.8) is 0 Å². The van der Waals surface area contributed by atoms with E-state index < -0.39 is 16.1 Å². The lowest BCUT2D eigenvalue weighted by Crippen LogP contribution is -2.55. The smallest absolute Gasteiger partial charge is 0.251 e. The molecule has 168 valence electrons. The molecule has 1 fully saturated rings. The molecule has 1 N–H and O–H groups in total. The third-order valence-corrected chi connectivity index (χ3v) is 7.67. The van der Waals surface area contributed by atoms with Gasteiger partial charge >= 0.3 is 0 Å². The van der Waals surface area contributed by atoms with Crippen molar-refractivity contribution in [2.24, 2.45) is 0 Å². The first-order chi connectivity index (χ1) is 14.7. The Bertz CT molecular complexity index is 1060. The van der Waals surface area contributed by atoms with Crippen molar-refractivity contribution < 1.29 is 18.0 Å². The number of sulfonamides is 1. The third-order valence-electron chi connectivity index (χ3n) is 5.52. The molecule has 0 bridgehead atoms. The molecule has 10 heteroatoms. The molecule has 0 unspecified atom stereocenters. The van der Waals surface area contributed by atoms with Crippen LogP contribution in [0.3, 0.4) is 0 Å². The molecule has 9 nitrogen and oxygen atoms in total. The van der Waals surface area contributed by atoms with Crippen LogP contribution in [0.2, 0.25) is 0 Å². The molecule has 1 aliphatic heterocycles. The van der Waals surface area contributed by atoms with E-state index in [0.717, 1.165) is 0 Å². The van der Waals surface area contributed by atoms with Crippen LogP contribution in [0.4, 0.5) is 0 Å². The standard InChI is InChI=1S/C21H29N5O4S/c1-5-26-17(4)19(15(2)23-26)31(29,30)25-13-11-24(12-14-25)21(28)16(3)22-20(27)18-9-7-6-8-10-18/h6-10,16H,5,11-14H2,1-4H3,(H,22,27)/t16-/m0/s1. The van der Waals surface area contributed by atoms with Crippen molar-refractivity contribution in [2.45, 2.75) is 45.2 Å². The van der Waals surface area contributed by atoms with Gasteiger partial charge in [0.25, 0.3) is 5.91 Å². The molecule has 0 spiro atoms. The predicted octanol–water partition coefficient (Wildman–Crippen LogP) is 1.17. The maximum Gasteiger partial charge on any atom is 0.251 e. The van der Waals surface area contributed by atoms with Crippen LogP contribution in [0.5, 0.6) is 0 Å². The number of benzene rings is 1. The van der Waals surface area contributed by atoms with Crippen molar-refractivity contribution in [2.75, 3.05) is 26.2 Å². The third kappa shape index (κ3) is 4.64. The summed E-state index contributed by atoms with van der Waals surface area (Å²) in [6, 6.07) is 7.99. The summed E-state index contributed by atoms with van der Waals surface area (Å²) in [5.41, 5.74) is 1.59. The Morgan fingerprint density at radius 1 is 1.10 bits per heavy atom. The zero-order chi connectivity index (χ0) is 22.8. The van der Waals surface area contributed by atoms with E-state index in [0.29, 0.717) is 23.5 Å². The lowest BCUT2D eigenvalue weighted by molar-refractivity contribution is -0.134. The first-order valence-electron chi connectivity index (χ1n) is 10.4. The number of hydrogen-bond donors (Lipinski definition) is 1. The first-order valence-corrected chi connectivity index (χ1v) is 11.8. The zero-order valence-corrected chi connectivity index (χ0v) is 19.1. The SMILES string of the molecule is CCn1nc(C)c(S(=O)(=O)N2CCN(C(=O)[C@H](C)NC(=O)c3ccccc3)CC2)c1C. The monoisotopic (exact) mass is 447 g/mol. The van der Waals surface area contributed by atoms with Gasteiger partial charge in [-0.25, -0.2) is 8.42 Å². The van der Waals surface area contributed by atoms with Crippen LogP contribution in [0.15, 0.2) is 35.2 Å². The summed E-state index contributed by atoms with van der Waals surface area (Å²) in [4.78, 5) is 26.9. The van der Waals surface area contributed by atoms with Gasteiger partial charge in [0.2, 0.25) is 15.9 Å². The number of nitrogens with one attached hydrogen (secondary N) is 1. The van der Waals surface area contributed by atoms with E-state index in [1.807, 2.05) is 13.0 Å².